The van der Waals surface area contributed by atoms with E-state index < -0.39 is 10.0 Å². The lowest BCUT2D eigenvalue weighted by atomic mass is 9.89. The third-order valence-electron chi connectivity index (χ3n) is 4.40. The van der Waals surface area contributed by atoms with Crippen molar-refractivity contribution in [2.24, 2.45) is 11.7 Å². The normalized spacial score (nSPS) is 17.3. The van der Waals surface area contributed by atoms with Crippen LogP contribution >= 0.6 is 0 Å². The number of hydrogen-bond donors (Lipinski definition) is 1. The van der Waals surface area contributed by atoms with Crippen molar-refractivity contribution in [2.75, 3.05) is 13.6 Å². The molecule has 5 heteroatoms. The summed E-state index contributed by atoms with van der Waals surface area (Å²) in [6, 6.07) is 5.35. The van der Waals surface area contributed by atoms with Gasteiger partial charge in [-0.3, -0.25) is 0 Å². The molecule has 0 spiro atoms. The highest BCUT2D eigenvalue weighted by molar-refractivity contribution is 7.89. The van der Waals surface area contributed by atoms with E-state index in [1.54, 1.807) is 19.2 Å². The van der Waals surface area contributed by atoms with E-state index in [0.29, 0.717) is 23.9 Å². The van der Waals surface area contributed by atoms with Crippen LogP contribution in [0.1, 0.15) is 43.2 Å². The van der Waals surface area contributed by atoms with Crippen molar-refractivity contribution >= 4 is 10.0 Å². The van der Waals surface area contributed by atoms with Gasteiger partial charge in [0.1, 0.15) is 0 Å². The maximum atomic E-state index is 12.7. The Morgan fingerprint density at radius 3 is 2.48 bits per heavy atom. The van der Waals surface area contributed by atoms with Crippen molar-refractivity contribution in [2.45, 2.75) is 50.5 Å². The summed E-state index contributed by atoms with van der Waals surface area (Å²) < 4.78 is 27.0. The summed E-state index contributed by atoms with van der Waals surface area (Å²) in [5.41, 5.74) is 7.33. The molecule has 1 aliphatic rings. The third-order valence-corrected chi connectivity index (χ3v) is 6.39. The Kier molecular flexibility index (Phi) is 5.41. The van der Waals surface area contributed by atoms with Gasteiger partial charge >= 0.3 is 0 Å². The molecule has 1 fully saturated rings. The minimum absolute atomic E-state index is 0.401. The van der Waals surface area contributed by atoms with Crippen LogP contribution in [0.3, 0.4) is 0 Å². The molecule has 2 rings (SSSR count). The zero-order chi connectivity index (χ0) is 15.5. The van der Waals surface area contributed by atoms with Gasteiger partial charge in [0.15, 0.2) is 0 Å². The molecule has 1 saturated carbocycles. The van der Waals surface area contributed by atoms with Gasteiger partial charge in [-0.05, 0) is 42.9 Å². The van der Waals surface area contributed by atoms with E-state index in [0.717, 1.165) is 24.0 Å². The molecule has 0 saturated heterocycles. The van der Waals surface area contributed by atoms with Gasteiger partial charge in [0.05, 0.1) is 4.90 Å². The first-order valence-corrected chi connectivity index (χ1v) is 9.15. The van der Waals surface area contributed by atoms with Crippen LogP contribution in [0, 0.1) is 12.8 Å². The third kappa shape index (κ3) is 3.84. The Labute approximate surface area is 128 Å². The van der Waals surface area contributed by atoms with Crippen LogP contribution in [0.4, 0.5) is 0 Å². The smallest absolute Gasteiger partial charge is 0.243 e. The van der Waals surface area contributed by atoms with E-state index in [9.17, 15) is 8.42 Å². The summed E-state index contributed by atoms with van der Waals surface area (Å²) in [5, 5.41) is 0. The van der Waals surface area contributed by atoms with Crippen LogP contribution in [-0.4, -0.2) is 26.3 Å². The molecule has 0 aliphatic heterocycles. The first kappa shape index (κ1) is 16.5. The SMILES string of the molecule is Cc1cc(CN)ccc1S(=O)(=O)N(C)CC1CCCCC1. The van der Waals surface area contributed by atoms with E-state index in [-0.39, 0.29) is 0 Å². The van der Waals surface area contributed by atoms with E-state index in [1.807, 2.05) is 13.0 Å². The van der Waals surface area contributed by atoms with Crippen molar-refractivity contribution in [1.29, 1.82) is 0 Å². The Morgan fingerprint density at radius 1 is 1.24 bits per heavy atom. The molecule has 118 valence electrons. The second kappa shape index (κ2) is 6.90. The Hall–Kier alpha value is -0.910. The van der Waals surface area contributed by atoms with Gasteiger partial charge in [-0.25, -0.2) is 12.7 Å². The van der Waals surface area contributed by atoms with Crippen molar-refractivity contribution in [3.63, 3.8) is 0 Å². The zero-order valence-corrected chi connectivity index (χ0v) is 13.8. The molecule has 1 aromatic rings. The fourth-order valence-electron chi connectivity index (χ4n) is 3.13. The van der Waals surface area contributed by atoms with E-state index in [2.05, 4.69) is 0 Å². The average Bonchev–Trinajstić information content (AvgIpc) is 2.47. The summed E-state index contributed by atoms with van der Waals surface area (Å²) in [5.74, 6) is 0.502. The van der Waals surface area contributed by atoms with E-state index >= 15 is 0 Å². The summed E-state index contributed by atoms with van der Waals surface area (Å²) >= 11 is 0. The molecule has 0 atom stereocenters. The van der Waals surface area contributed by atoms with Gasteiger partial charge in [0.25, 0.3) is 0 Å². The second-order valence-electron chi connectivity index (χ2n) is 6.09. The number of sulfonamides is 1. The number of benzene rings is 1. The number of nitrogens with zero attached hydrogens (tertiary/aromatic N) is 1. The molecule has 0 aromatic heterocycles. The zero-order valence-electron chi connectivity index (χ0n) is 13.0. The average molecular weight is 310 g/mol. The maximum absolute atomic E-state index is 12.7. The first-order chi connectivity index (χ1) is 9.95. The molecule has 0 radical (unpaired) electrons. The highest BCUT2D eigenvalue weighted by atomic mass is 32.2. The van der Waals surface area contributed by atoms with Crippen molar-refractivity contribution in [3.8, 4) is 0 Å². The van der Waals surface area contributed by atoms with Crippen LogP contribution in [0.25, 0.3) is 0 Å². The predicted octanol–water partition coefficient (Wildman–Crippen LogP) is 2.65. The Bertz CT molecular complexity index is 578. The number of hydrogen-bond acceptors (Lipinski definition) is 3. The molecule has 0 heterocycles. The minimum Gasteiger partial charge on any atom is -0.326 e. The number of aryl methyl sites for hydroxylation is 1. The fraction of sp³-hybridized carbons (Fsp3) is 0.625. The predicted molar refractivity (Wildman–Crippen MR) is 85.5 cm³/mol. The number of rotatable bonds is 5. The summed E-state index contributed by atoms with van der Waals surface area (Å²) in [7, 11) is -1.71. The van der Waals surface area contributed by atoms with Crippen molar-refractivity contribution in [3.05, 3.63) is 29.3 Å². The first-order valence-electron chi connectivity index (χ1n) is 7.71. The van der Waals surface area contributed by atoms with Gasteiger partial charge in [-0.15, -0.1) is 0 Å². The van der Waals surface area contributed by atoms with Gasteiger partial charge in [-0.2, -0.15) is 0 Å². The molecule has 0 bridgehead atoms. The lowest BCUT2D eigenvalue weighted by Crippen LogP contribution is -2.33. The van der Waals surface area contributed by atoms with Gasteiger partial charge in [0.2, 0.25) is 10.0 Å². The molecular weight excluding hydrogens is 284 g/mol. The maximum Gasteiger partial charge on any atom is 0.243 e. The standard InChI is InChI=1S/C16H26N2O2S/c1-13-10-15(11-17)8-9-16(13)21(19,20)18(2)12-14-6-4-3-5-7-14/h8-10,14H,3-7,11-12,17H2,1-2H3. The van der Waals surface area contributed by atoms with Crippen LogP contribution in [0.15, 0.2) is 23.1 Å². The van der Waals surface area contributed by atoms with Crippen molar-refractivity contribution < 1.29 is 8.42 Å². The molecule has 2 N–H and O–H groups in total. The van der Waals surface area contributed by atoms with Crippen LogP contribution < -0.4 is 5.73 Å². The molecule has 1 aliphatic carbocycles. The molecular formula is C16H26N2O2S. The quantitative estimate of drug-likeness (QED) is 0.909. The molecule has 21 heavy (non-hydrogen) atoms. The fourth-order valence-corrected chi connectivity index (χ4v) is 4.58. The highest BCUT2D eigenvalue weighted by Crippen LogP contribution is 2.27. The lowest BCUT2D eigenvalue weighted by molar-refractivity contribution is 0.300. The van der Waals surface area contributed by atoms with E-state index in [4.69, 9.17) is 5.73 Å². The summed E-state index contributed by atoms with van der Waals surface area (Å²) in [4.78, 5) is 0.401. The summed E-state index contributed by atoms with van der Waals surface area (Å²) in [6.45, 7) is 2.89. The molecule has 0 unspecified atom stereocenters. The minimum atomic E-state index is -3.40. The van der Waals surface area contributed by atoms with Gasteiger partial charge in [-0.1, -0.05) is 31.4 Å². The van der Waals surface area contributed by atoms with E-state index in [1.165, 1.54) is 23.6 Å². The molecule has 1 aromatic carbocycles. The van der Waals surface area contributed by atoms with Crippen LogP contribution in [0.2, 0.25) is 0 Å². The number of nitrogens with two attached hydrogens (primary N) is 1. The van der Waals surface area contributed by atoms with Gasteiger partial charge < -0.3 is 5.73 Å². The monoisotopic (exact) mass is 310 g/mol. The van der Waals surface area contributed by atoms with Gasteiger partial charge in [0, 0.05) is 20.1 Å². The Morgan fingerprint density at radius 2 is 1.90 bits per heavy atom. The largest absolute Gasteiger partial charge is 0.326 e. The topological polar surface area (TPSA) is 63.4 Å². The van der Waals surface area contributed by atoms with Crippen molar-refractivity contribution in [1.82, 2.24) is 4.31 Å². The Balaban J connectivity index is 2.16. The highest BCUT2D eigenvalue weighted by Gasteiger charge is 2.26. The molecule has 0 amide bonds. The lowest BCUT2D eigenvalue weighted by Gasteiger charge is -2.27. The second-order valence-corrected chi connectivity index (χ2v) is 8.11. The van der Waals surface area contributed by atoms with Crippen LogP contribution in [-0.2, 0) is 16.6 Å². The van der Waals surface area contributed by atoms with Crippen LogP contribution in [0.5, 0.6) is 0 Å². The molecule has 4 nitrogen and oxygen atoms in total. The summed E-state index contributed by atoms with van der Waals surface area (Å²) in [6.07, 6.45) is 6.02.